The Morgan fingerprint density at radius 3 is 2.68 bits per heavy atom. The molecule has 3 nitrogen and oxygen atoms in total. The number of amides is 1. The van der Waals surface area contributed by atoms with Gasteiger partial charge < -0.3 is 10.4 Å². The summed E-state index contributed by atoms with van der Waals surface area (Å²) in [5.74, 6) is 4.24. The SMILES string of the molecule is CC(C)(C)CNC(=O)c1cc(F)ccc1C#CCO. The molecule has 0 saturated carbocycles. The Labute approximate surface area is 112 Å². The van der Waals surface area contributed by atoms with E-state index in [9.17, 15) is 9.18 Å². The molecule has 19 heavy (non-hydrogen) atoms. The average Bonchev–Trinajstić information content (AvgIpc) is 2.33. The molecule has 0 spiro atoms. The summed E-state index contributed by atoms with van der Waals surface area (Å²) < 4.78 is 13.2. The van der Waals surface area contributed by atoms with Crippen molar-refractivity contribution >= 4 is 5.91 Å². The van der Waals surface area contributed by atoms with Gasteiger partial charge >= 0.3 is 0 Å². The molecule has 2 N–H and O–H groups in total. The second kappa shape index (κ2) is 6.35. The quantitative estimate of drug-likeness (QED) is 0.801. The van der Waals surface area contributed by atoms with Gasteiger partial charge in [-0.05, 0) is 23.6 Å². The summed E-state index contributed by atoms with van der Waals surface area (Å²) >= 11 is 0. The van der Waals surface area contributed by atoms with E-state index in [1.54, 1.807) is 0 Å². The largest absolute Gasteiger partial charge is 0.384 e. The van der Waals surface area contributed by atoms with Crippen molar-refractivity contribution in [3.63, 3.8) is 0 Å². The van der Waals surface area contributed by atoms with Crippen LogP contribution in [0.1, 0.15) is 36.7 Å². The van der Waals surface area contributed by atoms with Gasteiger partial charge in [-0.15, -0.1) is 0 Å². The third-order valence-corrected chi connectivity index (χ3v) is 2.31. The van der Waals surface area contributed by atoms with Gasteiger partial charge in [0.1, 0.15) is 12.4 Å². The van der Waals surface area contributed by atoms with E-state index < -0.39 is 5.82 Å². The Hall–Kier alpha value is -1.86. The van der Waals surface area contributed by atoms with Crippen LogP contribution >= 0.6 is 0 Å². The van der Waals surface area contributed by atoms with Crippen LogP contribution in [0.15, 0.2) is 18.2 Å². The van der Waals surface area contributed by atoms with E-state index in [1.165, 1.54) is 12.1 Å². The van der Waals surface area contributed by atoms with Crippen LogP contribution in [0, 0.1) is 23.1 Å². The van der Waals surface area contributed by atoms with Crippen molar-refractivity contribution in [3.05, 3.63) is 35.1 Å². The van der Waals surface area contributed by atoms with Crippen molar-refractivity contribution < 1.29 is 14.3 Å². The second-order valence-electron chi connectivity index (χ2n) is 5.39. The standard InChI is InChI=1S/C15H18FNO2/c1-15(2,3)10-17-14(19)13-9-12(16)7-6-11(13)5-4-8-18/h6-7,9,18H,8,10H2,1-3H3,(H,17,19). The molecule has 0 aliphatic heterocycles. The van der Waals surface area contributed by atoms with Gasteiger partial charge in [-0.2, -0.15) is 0 Å². The Balaban J connectivity index is 2.97. The van der Waals surface area contributed by atoms with Crippen molar-refractivity contribution in [2.24, 2.45) is 5.41 Å². The molecule has 0 atom stereocenters. The minimum atomic E-state index is -0.490. The molecule has 1 rings (SSSR count). The highest BCUT2D eigenvalue weighted by Crippen LogP contribution is 2.13. The summed E-state index contributed by atoms with van der Waals surface area (Å²) in [5.41, 5.74) is 0.534. The van der Waals surface area contributed by atoms with E-state index in [-0.39, 0.29) is 23.5 Å². The normalized spacial score (nSPS) is 10.6. The molecule has 0 unspecified atom stereocenters. The fourth-order valence-electron chi connectivity index (χ4n) is 1.39. The first-order valence-corrected chi connectivity index (χ1v) is 6.01. The molecular formula is C15H18FNO2. The fraction of sp³-hybridized carbons (Fsp3) is 0.400. The average molecular weight is 263 g/mol. The molecule has 0 bridgehead atoms. The van der Waals surface area contributed by atoms with Crippen molar-refractivity contribution in [1.82, 2.24) is 5.32 Å². The first-order chi connectivity index (χ1) is 8.83. The highest BCUT2D eigenvalue weighted by atomic mass is 19.1. The van der Waals surface area contributed by atoms with Crippen LogP contribution in [0.2, 0.25) is 0 Å². The van der Waals surface area contributed by atoms with E-state index in [4.69, 9.17) is 5.11 Å². The van der Waals surface area contributed by atoms with Gasteiger partial charge in [-0.3, -0.25) is 4.79 Å². The van der Waals surface area contributed by atoms with E-state index in [1.807, 2.05) is 20.8 Å². The van der Waals surface area contributed by atoms with E-state index in [2.05, 4.69) is 17.2 Å². The lowest BCUT2D eigenvalue weighted by molar-refractivity contribution is 0.0938. The summed E-state index contributed by atoms with van der Waals surface area (Å²) in [6, 6.07) is 3.82. The molecule has 0 fully saturated rings. The van der Waals surface area contributed by atoms with Gasteiger partial charge in [0.25, 0.3) is 5.91 Å². The molecule has 0 aliphatic rings. The van der Waals surface area contributed by atoms with Crippen LogP contribution in [0.5, 0.6) is 0 Å². The van der Waals surface area contributed by atoms with Crippen LogP contribution in [0.3, 0.4) is 0 Å². The second-order valence-corrected chi connectivity index (χ2v) is 5.39. The Bertz CT molecular complexity index is 521. The monoisotopic (exact) mass is 263 g/mol. The maximum atomic E-state index is 13.2. The van der Waals surface area contributed by atoms with Crippen molar-refractivity contribution in [3.8, 4) is 11.8 Å². The van der Waals surface area contributed by atoms with Gasteiger partial charge in [-0.25, -0.2) is 4.39 Å². The Morgan fingerprint density at radius 2 is 2.11 bits per heavy atom. The highest BCUT2D eigenvalue weighted by Gasteiger charge is 2.15. The first-order valence-electron chi connectivity index (χ1n) is 6.01. The third kappa shape index (κ3) is 5.11. The number of hydrogen-bond donors (Lipinski definition) is 2. The number of halogens is 1. The van der Waals surface area contributed by atoms with Crippen molar-refractivity contribution in [2.45, 2.75) is 20.8 Å². The highest BCUT2D eigenvalue weighted by molar-refractivity contribution is 5.96. The predicted octanol–water partition coefficient (Wildman–Crippen LogP) is 1.95. The Kier molecular flexibility index (Phi) is 5.08. The lowest BCUT2D eigenvalue weighted by Crippen LogP contribution is -2.32. The molecule has 0 radical (unpaired) electrons. The van der Waals surface area contributed by atoms with Crippen LogP contribution in [0.25, 0.3) is 0 Å². The summed E-state index contributed by atoms with van der Waals surface area (Å²) in [5, 5.41) is 11.4. The number of aliphatic hydroxyl groups excluding tert-OH is 1. The molecule has 1 amide bonds. The van der Waals surface area contributed by atoms with Gasteiger partial charge in [0.15, 0.2) is 0 Å². The van der Waals surface area contributed by atoms with Gasteiger partial charge in [-0.1, -0.05) is 32.6 Å². The number of nitrogens with one attached hydrogen (secondary N) is 1. The van der Waals surface area contributed by atoms with Crippen LogP contribution < -0.4 is 5.32 Å². The predicted molar refractivity (Wildman–Crippen MR) is 72.2 cm³/mol. The molecular weight excluding hydrogens is 245 g/mol. The maximum absolute atomic E-state index is 13.2. The smallest absolute Gasteiger partial charge is 0.252 e. The van der Waals surface area contributed by atoms with Gasteiger partial charge in [0.2, 0.25) is 0 Å². The van der Waals surface area contributed by atoms with E-state index in [0.29, 0.717) is 12.1 Å². The zero-order valence-electron chi connectivity index (χ0n) is 11.4. The number of carbonyl (C=O) groups is 1. The zero-order chi connectivity index (χ0) is 14.5. The first kappa shape index (κ1) is 15.2. The zero-order valence-corrected chi connectivity index (χ0v) is 11.4. The summed E-state index contributed by atoms with van der Waals surface area (Å²) in [4.78, 5) is 12.0. The van der Waals surface area contributed by atoms with Crippen LogP contribution in [-0.2, 0) is 0 Å². The van der Waals surface area contributed by atoms with Gasteiger partial charge in [0, 0.05) is 12.1 Å². The van der Waals surface area contributed by atoms with E-state index >= 15 is 0 Å². The number of aliphatic hydroxyl groups is 1. The molecule has 0 heterocycles. The molecule has 0 saturated heterocycles. The third-order valence-electron chi connectivity index (χ3n) is 2.31. The van der Waals surface area contributed by atoms with Crippen molar-refractivity contribution in [2.75, 3.05) is 13.2 Å². The summed E-state index contributed by atoms with van der Waals surface area (Å²) in [7, 11) is 0. The fourth-order valence-corrected chi connectivity index (χ4v) is 1.39. The summed E-state index contributed by atoms with van der Waals surface area (Å²) in [6.45, 7) is 6.15. The number of rotatable bonds is 2. The minimum absolute atomic E-state index is 0.0556. The van der Waals surface area contributed by atoms with Crippen LogP contribution in [0.4, 0.5) is 4.39 Å². The molecule has 1 aromatic carbocycles. The number of hydrogen-bond acceptors (Lipinski definition) is 2. The number of benzene rings is 1. The Morgan fingerprint density at radius 1 is 1.42 bits per heavy atom. The minimum Gasteiger partial charge on any atom is -0.384 e. The summed E-state index contributed by atoms with van der Waals surface area (Å²) in [6.07, 6.45) is 0. The molecule has 1 aromatic rings. The molecule has 4 heteroatoms. The van der Waals surface area contributed by atoms with E-state index in [0.717, 1.165) is 6.07 Å². The topological polar surface area (TPSA) is 49.3 Å². The lowest BCUT2D eigenvalue weighted by Gasteiger charge is -2.19. The maximum Gasteiger partial charge on any atom is 0.252 e. The molecule has 0 aromatic heterocycles. The number of carbonyl (C=O) groups excluding carboxylic acids is 1. The lowest BCUT2D eigenvalue weighted by atomic mass is 9.96. The molecule has 0 aliphatic carbocycles. The van der Waals surface area contributed by atoms with Crippen LogP contribution in [-0.4, -0.2) is 24.2 Å². The van der Waals surface area contributed by atoms with Crippen molar-refractivity contribution in [1.29, 1.82) is 0 Å². The van der Waals surface area contributed by atoms with Gasteiger partial charge in [0.05, 0.1) is 5.56 Å². The molecule has 102 valence electrons.